The number of hydrogen-bond donors (Lipinski definition) is 2. The highest BCUT2D eigenvalue weighted by Crippen LogP contribution is 2.55. The van der Waals surface area contributed by atoms with Crippen LogP contribution < -0.4 is 10.6 Å². The number of aromatic nitrogens is 4. The summed E-state index contributed by atoms with van der Waals surface area (Å²) >= 11 is 0. The van der Waals surface area contributed by atoms with E-state index < -0.39 is 11.9 Å². The number of pyridine rings is 1. The van der Waals surface area contributed by atoms with Crippen molar-refractivity contribution in [3.05, 3.63) is 71.9 Å². The van der Waals surface area contributed by atoms with Crippen molar-refractivity contribution in [2.45, 2.75) is 24.2 Å². The van der Waals surface area contributed by atoms with Crippen LogP contribution >= 0.6 is 0 Å². The van der Waals surface area contributed by atoms with Crippen molar-refractivity contribution in [3.8, 4) is 0 Å². The molecule has 2 aliphatic rings. The van der Waals surface area contributed by atoms with Gasteiger partial charge in [0.15, 0.2) is 5.65 Å². The normalized spacial score (nSPS) is 23.4. The van der Waals surface area contributed by atoms with Crippen molar-refractivity contribution in [2.24, 2.45) is 0 Å². The molecule has 6 rings (SSSR count). The van der Waals surface area contributed by atoms with Crippen molar-refractivity contribution in [1.29, 1.82) is 0 Å². The van der Waals surface area contributed by atoms with Crippen molar-refractivity contribution in [1.82, 2.24) is 30.2 Å². The van der Waals surface area contributed by atoms with E-state index in [0.717, 1.165) is 23.0 Å². The Morgan fingerprint density at radius 1 is 1.03 bits per heavy atom. The Balaban J connectivity index is 1.37. The fraction of sp³-hybridized carbons (Fsp3) is 0.227. The third-order valence-corrected chi connectivity index (χ3v) is 6.07. The monoisotopic (exact) mass is 398 g/mol. The minimum absolute atomic E-state index is 0.240. The van der Waals surface area contributed by atoms with Gasteiger partial charge in [-0.1, -0.05) is 18.2 Å². The number of imide groups is 1. The molecule has 4 heterocycles. The minimum Gasteiger partial charge on any atom is -0.337 e. The lowest BCUT2D eigenvalue weighted by molar-refractivity contribution is -0.122. The Kier molecular flexibility index (Phi) is 3.61. The molecule has 1 saturated carbocycles. The molecule has 3 amide bonds. The maximum Gasteiger partial charge on any atom is 0.321 e. The first kappa shape index (κ1) is 17.1. The molecule has 1 saturated heterocycles. The van der Waals surface area contributed by atoms with Crippen LogP contribution in [0.25, 0.3) is 16.4 Å². The fourth-order valence-electron chi connectivity index (χ4n) is 4.41. The van der Waals surface area contributed by atoms with Gasteiger partial charge in [0.1, 0.15) is 0 Å². The highest BCUT2D eigenvalue weighted by Gasteiger charge is 2.42. The zero-order valence-corrected chi connectivity index (χ0v) is 15.9. The molecular formula is C22H18N6O2. The molecule has 4 aromatic rings. The molecule has 0 radical (unpaired) electrons. The lowest BCUT2D eigenvalue weighted by atomic mass is 9.98. The summed E-state index contributed by atoms with van der Waals surface area (Å²) in [5.41, 5.74) is 3.85. The molecule has 3 atom stereocenters. The van der Waals surface area contributed by atoms with Crippen molar-refractivity contribution >= 4 is 28.4 Å². The molecule has 8 heteroatoms. The number of urea groups is 1. The minimum atomic E-state index is -0.515. The first-order valence-corrected chi connectivity index (χ1v) is 9.94. The van der Waals surface area contributed by atoms with Crippen LogP contribution in [0, 0.1) is 0 Å². The van der Waals surface area contributed by atoms with Crippen molar-refractivity contribution in [2.75, 3.05) is 6.54 Å². The molecule has 1 unspecified atom stereocenters. The quantitative estimate of drug-likeness (QED) is 0.552. The molecule has 1 aliphatic carbocycles. The molecule has 0 bridgehead atoms. The Hall–Kier alpha value is -3.81. The predicted molar refractivity (Wildman–Crippen MR) is 109 cm³/mol. The van der Waals surface area contributed by atoms with E-state index in [9.17, 15) is 9.59 Å². The van der Waals surface area contributed by atoms with Crippen LogP contribution in [0.5, 0.6) is 0 Å². The van der Waals surface area contributed by atoms with E-state index in [1.54, 1.807) is 16.9 Å². The Morgan fingerprint density at radius 3 is 2.87 bits per heavy atom. The Bertz CT molecular complexity index is 1330. The number of hydrogen-bond acceptors (Lipinski definition) is 5. The Morgan fingerprint density at radius 2 is 1.97 bits per heavy atom. The zero-order valence-electron chi connectivity index (χ0n) is 15.9. The van der Waals surface area contributed by atoms with Crippen LogP contribution in [0.2, 0.25) is 0 Å². The average molecular weight is 398 g/mol. The van der Waals surface area contributed by atoms with Crippen LogP contribution in [0.15, 0.2) is 55.1 Å². The van der Waals surface area contributed by atoms with Crippen LogP contribution in [-0.4, -0.2) is 38.1 Å². The SMILES string of the molecule is O=C1NCC(c2cc([C@H]3C[C@@H]3c3ccc4cnccc4c3)c3nccn3n2)C(=O)N1. The number of nitrogens with zero attached hydrogens (tertiary/aromatic N) is 4. The highest BCUT2D eigenvalue weighted by atomic mass is 16.2. The first-order valence-electron chi connectivity index (χ1n) is 9.94. The maximum absolute atomic E-state index is 12.3. The zero-order chi connectivity index (χ0) is 20.2. The number of rotatable bonds is 3. The number of carbonyl (C=O) groups excluding carboxylic acids is 2. The van der Waals surface area contributed by atoms with Crippen LogP contribution in [0.4, 0.5) is 4.79 Å². The molecule has 148 valence electrons. The molecule has 1 aromatic carbocycles. The van der Waals surface area contributed by atoms with Gasteiger partial charge >= 0.3 is 6.03 Å². The summed E-state index contributed by atoms with van der Waals surface area (Å²) < 4.78 is 1.73. The smallest absolute Gasteiger partial charge is 0.321 e. The van der Waals surface area contributed by atoms with Gasteiger partial charge in [0.05, 0.1) is 11.6 Å². The number of fused-ring (bicyclic) bond motifs is 2. The number of benzene rings is 1. The van der Waals surface area contributed by atoms with Gasteiger partial charge in [0.2, 0.25) is 5.91 Å². The van der Waals surface area contributed by atoms with Gasteiger partial charge in [-0.2, -0.15) is 5.10 Å². The molecule has 3 aromatic heterocycles. The maximum atomic E-state index is 12.3. The van der Waals surface area contributed by atoms with E-state index in [0.29, 0.717) is 17.5 Å². The lowest BCUT2D eigenvalue weighted by Gasteiger charge is -2.22. The molecule has 30 heavy (non-hydrogen) atoms. The van der Waals surface area contributed by atoms with E-state index in [1.165, 1.54) is 10.9 Å². The first-order chi connectivity index (χ1) is 14.7. The van der Waals surface area contributed by atoms with Gasteiger partial charge < -0.3 is 5.32 Å². The number of carbonyl (C=O) groups is 2. The summed E-state index contributed by atoms with van der Waals surface area (Å²) in [6, 6.07) is 10.1. The second-order valence-corrected chi connectivity index (χ2v) is 7.90. The van der Waals surface area contributed by atoms with E-state index in [1.807, 2.05) is 24.5 Å². The predicted octanol–water partition coefficient (Wildman–Crippen LogP) is 2.47. The van der Waals surface area contributed by atoms with Gasteiger partial charge in [-0.25, -0.2) is 14.3 Å². The topological polar surface area (TPSA) is 101 Å². The molecule has 1 aliphatic heterocycles. The third kappa shape index (κ3) is 2.72. The van der Waals surface area contributed by atoms with E-state index in [-0.39, 0.29) is 12.5 Å². The van der Waals surface area contributed by atoms with E-state index >= 15 is 0 Å². The summed E-state index contributed by atoms with van der Waals surface area (Å²) in [7, 11) is 0. The van der Waals surface area contributed by atoms with Crippen LogP contribution in [0.3, 0.4) is 0 Å². The number of imidazole rings is 1. The fourth-order valence-corrected chi connectivity index (χ4v) is 4.41. The van der Waals surface area contributed by atoms with Gasteiger partial charge in [0, 0.05) is 42.3 Å². The molecule has 0 spiro atoms. The summed E-state index contributed by atoms with van der Waals surface area (Å²) in [6.07, 6.45) is 8.23. The highest BCUT2D eigenvalue weighted by molar-refractivity contribution is 6.00. The summed E-state index contributed by atoms with van der Waals surface area (Å²) in [6.45, 7) is 0.240. The van der Waals surface area contributed by atoms with Crippen LogP contribution in [0.1, 0.15) is 41.0 Å². The van der Waals surface area contributed by atoms with Crippen molar-refractivity contribution in [3.63, 3.8) is 0 Å². The van der Waals surface area contributed by atoms with Gasteiger partial charge in [-0.05, 0) is 41.3 Å². The molecule has 8 nitrogen and oxygen atoms in total. The average Bonchev–Trinajstić information content (AvgIpc) is 3.41. The second-order valence-electron chi connectivity index (χ2n) is 7.90. The van der Waals surface area contributed by atoms with E-state index in [4.69, 9.17) is 0 Å². The van der Waals surface area contributed by atoms with Gasteiger partial charge in [-0.15, -0.1) is 0 Å². The summed E-state index contributed by atoms with van der Waals surface area (Å²) in [5.74, 6) is -0.124. The van der Waals surface area contributed by atoms with Crippen LogP contribution in [-0.2, 0) is 4.79 Å². The standard InChI is InChI=1S/C22H18N6O2/c29-21-18(11-25-22(30)26-21)19-9-17(20-24-5-6-28(20)27-19)16-8-15(16)13-1-2-14-10-23-4-3-12(14)7-13/h1-7,9-10,15-16,18H,8,11H2,(H2,25,26,29,30)/t15-,16+,18?/m1/s1. The summed E-state index contributed by atoms with van der Waals surface area (Å²) in [4.78, 5) is 32.4. The lowest BCUT2D eigenvalue weighted by Crippen LogP contribution is -2.51. The summed E-state index contributed by atoms with van der Waals surface area (Å²) in [5, 5.41) is 11.9. The number of amides is 3. The molecule has 2 fully saturated rings. The Labute approximate surface area is 171 Å². The molecule has 2 N–H and O–H groups in total. The van der Waals surface area contributed by atoms with Gasteiger partial charge in [0.25, 0.3) is 0 Å². The molecular weight excluding hydrogens is 380 g/mol. The largest absolute Gasteiger partial charge is 0.337 e. The third-order valence-electron chi connectivity index (χ3n) is 6.07. The van der Waals surface area contributed by atoms with Gasteiger partial charge in [-0.3, -0.25) is 15.1 Å². The second kappa shape index (κ2) is 6.35. The van der Waals surface area contributed by atoms with Crippen molar-refractivity contribution < 1.29 is 9.59 Å². The van der Waals surface area contributed by atoms with E-state index in [2.05, 4.69) is 43.9 Å². The number of nitrogens with one attached hydrogen (secondary N) is 2.